The first-order chi connectivity index (χ1) is 9.86. The summed E-state index contributed by atoms with van der Waals surface area (Å²) in [5, 5.41) is 13.4. The molecule has 0 saturated heterocycles. The average molecular weight is 288 g/mol. The molecule has 0 aliphatic heterocycles. The molecule has 1 N–H and O–H groups in total. The van der Waals surface area contributed by atoms with Crippen LogP contribution < -0.4 is 5.32 Å². The number of carbonyl (C=O) groups excluding carboxylic acids is 1. The normalized spacial score (nSPS) is 10.4. The number of hydrogen-bond donors (Lipinski definition) is 1. The van der Waals surface area contributed by atoms with E-state index in [0.29, 0.717) is 5.82 Å². The Labute approximate surface area is 121 Å². The largest absolute Gasteiger partial charge is 0.381 e. The lowest BCUT2D eigenvalue weighted by Crippen LogP contribution is -2.19. The van der Waals surface area contributed by atoms with Gasteiger partial charge in [-0.2, -0.15) is 0 Å². The summed E-state index contributed by atoms with van der Waals surface area (Å²) in [6.07, 6.45) is 1.26. The predicted octanol–water partition coefficient (Wildman–Crippen LogP) is 2.36. The lowest BCUT2D eigenvalue weighted by Gasteiger charge is -2.09. The Morgan fingerprint density at radius 3 is 2.67 bits per heavy atom. The summed E-state index contributed by atoms with van der Waals surface area (Å²) in [6, 6.07) is 5.73. The van der Waals surface area contributed by atoms with E-state index in [1.165, 1.54) is 10.8 Å². The molecular weight excluding hydrogens is 272 g/mol. The summed E-state index contributed by atoms with van der Waals surface area (Å²) >= 11 is 0. The second kappa shape index (κ2) is 5.74. The van der Waals surface area contributed by atoms with Crippen LogP contribution in [0.5, 0.6) is 0 Å². The summed E-state index contributed by atoms with van der Waals surface area (Å²) in [7, 11) is 0. The number of amides is 1. The highest BCUT2D eigenvalue weighted by molar-refractivity contribution is 5.91. The van der Waals surface area contributed by atoms with Gasteiger partial charge in [-0.3, -0.25) is 9.36 Å². The topological polar surface area (TPSA) is 90.1 Å². The first-order valence-corrected chi connectivity index (χ1v) is 6.42. The third-order valence-corrected chi connectivity index (χ3v) is 3.12. The van der Waals surface area contributed by atoms with Gasteiger partial charge < -0.3 is 15.4 Å². The van der Waals surface area contributed by atoms with E-state index in [1.807, 2.05) is 32.0 Å². The molecule has 0 radical (unpaired) electrons. The van der Waals surface area contributed by atoms with E-state index in [0.717, 1.165) is 16.8 Å². The van der Waals surface area contributed by atoms with Crippen LogP contribution in [0.1, 0.15) is 17.0 Å². The van der Waals surface area contributed by atoms with Crippen molar-refractivity contribution in [3.8, 4) is 0 Å². The van der Waals surface area contributed by atoms with Gasteiger partial charge in [0.15, 0.2) is 0 Å². The number of hydrogen-bond acceptors (Lipinski definition) is 4. The summed E-state index contributed by atoms with van der Waals surface area (Å²) in [6.45, 7) is 5.50. The number of aryl methyl sites for hydroxylation is 3. The summed E-state index contributed by atoms with van der Waals surface area (Å²) in [5.41, 5.74) is 2.82. The molecule has 7 nitrogen and oxygen atoms in total. The Balaban J connectivity index is 2.10. The fourth-order valence-corrected chi connectivity index (χ4v) is 2.04. The van der Waals surface area contributed by atoms with E-state index in [9.17, 15) is 14.9 Å². The third-order valence-electron chi connectivity index (χ3n) is 3.12. The average Bonchev–Trinajstić information content (AvgIpc) is 2.75. The molecule has 1 aromatic carbocycles. The lowest BCUT2D eigenvalue weighted by molar-refractivity contribution is -0.389. The van der Waals surface area contributed by atoms with Crippen molar-refractivity contribution in [3.63, 3.8) is 0 Å². The maximum atomic E-state index is 12.0. The molecule has 0 fully saturated rings. The summed E-state index contributed by atoms with van der Waals surface area (Å²) in [5.74, 6) is -0.0818. The Kier molecular flexibility index (Phi) is 4.02. The first-order valence-electron chi connectivity index (χ1n) is 6.42. The second-order valence-electron chi connectivity index (χ2n) is 4.90. The van der Waals surface area contributed by atoms with E-state index in [1.54, 1.807) is 6.92 Å². The van der Waals surface area contributed by atoms with Crippen molar-refractivity contribution >= 4 is 17.4 Å². The van der Waals surface area contributed by atoms with Crippen LogP contribution in [0.3, 0.4) is 0 Å². The highest BCUT2D eigenvalue weighted by Gasteiger charge is 2.17. The van der Waals surface area contributed by atoms with Crippen LogP contribution in [-0.4, -0.2) is 20.4 Å². The molecule has 0 spiro atoms. The van der Waals surface area contributed by atoms with Crippen LogP contribution in [0.15, 0.2) is 24.4 Å². The standard InChI is InChI=1S/C14H16N4O3/c1-9-4-5-12(10(2)6-9)16-14(19)8-17-7-13(18(20)21)15-11(17)3/h4-7H,8H2,1-3H3,(H,16,19). The van der Waals surface area contributed by atoms with Gasteiger partial charge in [0.1, 0.15) is 12.7 Å². The van der Waals surface area contributed by atoms with Crippen molar-refractivity contribution in [1.29, 1.82) is 0 Å². The van der Waals surface area contributed by atoms with Crippen LogP contribution in [0.4, 0.5) is 11.5 Å². The molecule has 0 unspecified atom stereocenters. The second-order valence-corrected chi connectivity index (χ2v) is 4.90. The van der Waals surface area contributed by atoms with Crippen LogP contribution in [0.25, 0.3) is 0 Å². The van der Waals surface area contributed by atoms with Gasteiger partial charge in [-0.1, -0.05) is 17.7 Å². The van der Waals surface area contributed by atoms with Gasteiger partial charge in [0.2, 0.25) is 11.7 Å². The highest BCUT2D eigenvalue weighted by atomic mass is 16.6. The predicted molar refractivity (Wildman–Crippen MR) is 78.2 cm³/mol. The molecule has 0 aliphatic carbocycles. The molecule has 2 aromatic rings. The number of benzene rings is 1. The van der Waals surface area contributed by atoms with E-state index in [2.05, 4.69) is 10.3 Å². The number of aromatic nitrogens is 2. The van der Waals surface area contributed by atoms with E-state index >= 15 is 0 Å². The lowest BCUT2D eigenvalue weighted by atomic mass is 10.1. The molecule has 0 atom stereocenters. The number of imidazole rings is 1. The van der Waals surface area contributed by atoms with Crippen LogP contribution in [-0.2, 0) is 11.3 Å². The molecule has 110 valence electrons. The van der Waals surface area contributed by atoms with Gasteiger partial charge in [-0.25, -0.2) is 0 Å². The van der Waals surface area contributed by atoms with E-state index < -0.39 is 4.92 Å². The van der Waals surface area contributed by atoms with Crippen molar-refractivity contribution in [1.82, 2.24) is 9.55 Å². The Morgan fingerprint density at radius 2 is 2.10 bits per heavy atom. The summed E-state index contributed by atoms with van der Waals surface area (Å²) in [4.78, 5) is 25.9. The van der Waals surface area contributed by atoms with Gasteiger partial charge in [-0.05, 0) is 35.4 Å². The zero-order chi connectivity index (χ0) is 15.6. The van der Waals surface area contributed by atoms with E-state index in [-0.39, 0.29) is 18.3 Å². The molecule has 7 heteroatoms. The van der Waals surface area contributed by atoms with Crippen molar-refractivity contribution in [2.24, 2.45) is 0 Å². The monoisotopic (exact) mass is 288 g/mol. The van der Waals surface area contributed by atoms with Gasteiger partial charge in [0, 0.05) is 12.6 Å². The fourth-order valence-electron chi connectivity index (χ4n) is 2.04. The van der Waals surface area contributed by atoms with E-state index in [4.69, 9.17) is 0 Å². The Bertz CT molecular complexity index is 706. The molecule has 21 heavy (non-hydrogen) atoms. The minimum Gasteiger partial charge on any atom is -0.358 e. The SMILES string of the molecule is Cc1ccc(NC(=O)Cn2cc([N+](=O)[O-])nc2C)c(C)c1. The minimum atomic E-state index is -0.578. The molecule has 1 heterocycles. The maximum Gasteiger partial charge on any atom is 0.381 e. The molecule has 2 rings (SSSR count). The first kappa shape index (κ1) is 14.7. The Hall–Kier alpha value is -2.70. The van der Waals surface area contributed by atoms with Gasteiger partial charge >= 0.3 is 5.82 Å². The summed E-state index contributed by atoms with van der Waals surface area (Å²) < 4.78 is 1.46. The molecule has 0 saturated carbocycles. The molecule has 1 aromatic heterocycles. The number of carbonyl (C=O) groups is 1. The molecular formula is C14H16N4O3. The number of anilines is 1. The highest BCUT2D eigenvalue weighted by Crippen LogP contribution is 2.16. The maximum absolute atomic E-state index is 12.0. The van der Waals surface area contributed by atoms with Crippen molar-refractivity contribution in [2.45, 2.75) is 27.3 Å². The van der Waals surface area contributed by atoms with Crippen molar-refractivity contribution in [2.75, 3.05) is 5.32 Å². The van der Waals surface area contributed by atoms with Crippen molar-refractivity contribution < 1.29 is 9.72 Å². The quantitative estimate of drug-likeness (QED) is 0.690. The van der Waals surface area contributed by atoms with Crippen molar-refractivity contribution in [3.05, 3.63) is 51.5 Å². The minimum absolute atomic E-state index is 0.0139. The van der Waals surface area contributed by atoms with Gasteiger partial charge in [0.05, 0.1) is 0 Å². The van der Waals surface area contributed by atoms with Crippen LogP contribution >= 0.6 is 0 Å². The number of nitro groups is 1. The smallest absolute Gasteiger partial charge is 0.358 e. The number of rotatable bonds is 4. The molecule has 0 bridgehead atoms. The zero-order valence-corrected chi connectivity index (χ0v) is 12.1. The number of nitrogens with zero attached hydrogens (tertiary/aromatic N) is 3. The molecule has 0 aliphatic rings. The molecule has 1 amide bonds. The number of nitrogens with one attached hydrogen (secondary N) is 1. The van der Waals surface area contributed by atoms with Gasteiger partial charge in [0.25, 0.3) is 0 Å². The zero-order valence-electron chi connectivity index (χ0n) is 12.1. The Morgan fingerprint density at radius 1 is 1.38 bits per heavy atom. The third kappa shape index (κ3) is 3.44. The van der Waals surface area contributed by atoms with Gasteiger partial charge in [-0.15, -0.1) is 0 Å². The van der Waals surface area contributed by atoms with Crippen LogP contribution in [0.2, 0.25) is 0 Å². The van der Waals surface area contributed by atoms with Crippen LogP contribution in [0, 0.1) is 30.9 Å². The fraction of sp³-hybridized carbons (Fsp3) is 0.286.